The van der Waals surface area contributed by atoms with Gasteiger partial charge in [0.25, 0.3) is 0 Å². The van der Waals surface area contributed by atoms with Crippen LogP contribution in [-0.4, -0.2) is 28.2 Å². The van der Waals surface area contributed by atoms with Gasteiger partial charge in [-0.05, 0) is 5.56 Å². The van der Waals surface area contributed by atoms with Crippen molar-refractivity contribution in [3.05, 3.63) is 40.0 Å². The van der Waals surface area contributed by atoms with Crippen LogP contribution in [-0.2, 0) is 11.2 Å². The molecule has 3 N–H and O–H groups in total. The minimum atomic E-state index is -1.08. The summed E-state index contributed by atoms with van der Waals surface area (Å²) in [4.78, 5) is 19.1. The third-order valence-corrected chi connectivity index (χ3v) is 3.38. The first kappa shape index (κ1) is 13.4. The quantitative estimate of drug-likeness (QED) is 0.854. The highest BCUT2D eigenvalue weighted by atomic mass is 32.1. The maximum Gasteiger partial charge on any atom is 0.326 e. The molecule has 19 heavy (non-hydrogen) atoms. The zero-order valence-corrected chi connectivity index (χ0v) is 11.1. The van der Waals surface area contributed by atoms with Gasteiger partial charge in [0.15, 0.2) is 0 Å². The van der Waals surface area contributed by atoms with E-state index in [1.54, 1.807) is 24.8 Å². The molecule has 0 aliphatic rings. The highest BCUT2D eigenvalue weighted by Gasteiger charge is 2.17. The molecule has 0 saturated heterocycles. The van der Waals surface area contributed by atoms with Gasteiger partial charge in [-0.2, -0.15) is 0 Å². The Kier molecular flexibility index (Phi) is 4.08. The van der Waals surface area contributed by atoms with E-state index in [2.05, 4.69) is 9.97 Å². The number of nitrogens with two attached hydrogens (primary N) is 1. The van der Waals surface area contributed by atoms with Gasteiger partial charge in [-0.25, -0.2) is 9.97 Å². The first-order chi connectivity index (χ1) is 9.10. The van der Waals surface area contributed by atoms with Crippen molar-refractivity contribution in [2.75, 3.05) is 7.11 Å². The molecule has 0 aromatic carbocycles. The standard InChI is InChI=1S/C12H13N3O3S/c1-18-9-3-2-7(5-14-9)4-10-15-8(6-19-10)11(13)12(16)17/h2-3,5-6,11H,4,13H2,1H3,(H,16,17). The number of pyridine rings is 1. The van der Waals surface area contributed by atoms with Crippen molar-refractivity contribution in [2.24, 2.45) is 5.73 Å². The summed E-state index contributed by atoms with van der Waals surface area (Å²) in [7, 11) is 1.56. The molecule has 1 atom stereocenters. The first-order valence-corrected chi connectivity index (χ1v) is 6.39. The number of carboxylic acid groups (broad SMARTS) is 1. The molecule has 1 unspecified atom stereocenters. The molecule has 0 fully saturated rings. The molecule has 7 heteroatoms. The minimum absolute atomic E-state index is 0.383. The van der Waals surface area contributed by atoms with Gasteiger partial charge in [0.1, 0.15) is 6.04 Å². The summed E-state index contributed by atoms with van der Waals surface area (Å²) in [6.07, 6.45) is 2.30. The van der Waals surface area contributed by atoms with Crippen molar-refractivity contribution in [3.63, 3.8) is 0 Å². The molecular formula is C12H13N3O3S. The zero-order valence-electron chi connectivity index (χ0n) is 10.2. The number of aromatic nitrogens is 2. The molecular weight excluding hydrogens is 266 g/mol. The summed E-state index contributed by atoms with van der Waals surface area (Å²) >= 11 is 1.39. The molecule has 0 aliphatic carbocycles. The minimum Gasteiger partial charge on any atom is -0.481 e. The molecule has 100 valence electrons. The Balaban J connectivity index is 2.08. The Labute approximate surface area is 113 Å². The number of hydrogen-bond donors (Lipinski definition) is 2. The summed E-state index contributed by atoms with van der Waals surface area (Å²) in [6, 6.07) is 2.59. The van der Waals surface area contributed by atoms with Crippen LogP contribution < -0.4 is 10.5 Å². The number of methoxy groups -OCH3 is 1. The van der Waals surface area contributed by atoms with Crippen molar-refractivity contribution < 1.29 is 14.6 Å². The molecule has 2 aromatic heterocycles. The Hall–Kier alpha value is -1.99. The topological polar surface area (TPSA) is 98.3 Å². The molecule has 2 aromatic rings. The average Bonchev–Trinajstić information content (AvgIpc) is 2.87. The van der Waals surface area contributed by atoms with Crippen LogP contribution in [0.2, 0.25) is 0 Å². The molecule has 0 amide bonds. The predicted molar refractivity (Wildman–Crippen MR) is 70.3 cm³/mol. The van der Waals surface area contributed by atoms with Crippen LogP contribution in [0.25, 0.3) is 0 Å². The van der Waals surface area contributed by atoms with E-state index in [1.807, 2.05) is 6.07 Å². The number of carbonyl (C=O) groups is 1. The molecule has 0 saturated carbocycles. The first-order valence-electron chi connectivity index (χ1n) is 5.51. The van der Waals surface area contributed by atoms with Crippen molar-refractivity contribution in [3.8, 4) is 5.88 Å². The highest BCUT2D eigenvalue weighted by molar-refractivity contribution is 7.09. The summed E-state index contributed by atoms with van der Waals surface area (Å²) in [5.41, 5.74) is 6.86. The number of aliphatic carboxylic acids is 1. The van der Waals surface area contributed by atoms with Crippen LogP contribution in [0.15, 0.2) is 23.7 Å². The van der Waals surface area contributed by atoms with Gasteiger partial charge in [0.05, 0.1) is 17.8 Å². The second-order valence-corrected chi connectivity index (χ2v) is 4.81. The normalized spacial score (nSPS) is 12.1. The summed E-state index contributed by atoms with van der Waals surface area (Å²) in [6.45, 7) is 0. The number of nitrogens with zero attached hydrogens (tertiary/aromatic N) is 2. The second-order valence-electron chi connectivity index (χ2n) is 3.87. The molecule has 0 aliphatic heterocycles. The van der Waals surface area contributed by atoms with Crippen molar-refractivity contribution in [2.45, 2.75) is 12.5 Å². The Morgan fingerprint density at radius 3 is 2.95 bits per heavy atom. The van der Waals surface area contributed by atoms with Crippen molar-refractivity contribution in [1.82, 2.24) is 9.97 Å². The van der Waals surface area contributed by atoms with Crippen molar-refractivity contribution >= 4 is 17.3 Å². The second kappa shape index (κ2) is 5.77. The van der Waals surface area contributed by atoms with E-state index in [-0.39, 0.29) is 0 Å². The van der Waals surface area contributed by atoms with E-state index >= 15 is 0 Å². The molecule has 0 bridgehead atoms. The van der Waals surface area contributed by atoms with Crippen LogP contribution in [0.1, 0.15) is 22.3 Å². The maximum absolute atomic E-state index is 10.8. The van der Waals surface area contributed by atoms with Gasteiger partial charge < -0.3 is 15.6 Å². The van der Waals surface area contributed by atoms with Gasteiger partial charge in [-0.3, -0.25) is 4.79 Å². The van der Waals surface area contributed by atoms with E-state index in [9.17, 15) is 4.79 Å². The number of rotatable bonds is 5. The molecule has 0 radical (unpaired) electrons. The maximum atomic E-state index is 10.8. The number of thiazole rings is 1. The van der Waals surface area contributed by atoms with E-state index < -0.39 is 12.0 Å². The van der Waals surface area contributed by atoms with Crippen LogP contribution in [0.4, 0.5) is 0 Å². The molecule has 2 rings (SSSR count). The SMILES string of the molecule is COc1ccc(Cc2nc(C(N)C(=O)O)cs2)cn1. The lowest BCUT2D eigenvalue weighted by Crippen LogP contribution is -2.20. The molecule has 2 heterocycles. The van der Waals surface area contributed by atoms with Gasteiger partial charge >= 0.3 is 5.97 Å². The number of ether oxygens (including phenoxy) is 1. The number of carboxylic acids is 1. The smallest absolute Gasteiger partial charge is 0.326 e. The monoisotopic (exact) mass is 279 g/mol. The average molecular weight is 279 g/mol. The third-order valence-electron chi connectivity index (χ3n) is 2.52. The fraction of sp³-hybridized carbons (Fsp3) is 0.250. The number of hydrogen-bond acceptors (Lipinski definition) is 6. The van der Waals surface area contributed by atoms with Gasteiger partial charge in [-0.1, -0.05) is 6.07 Å². The summed E-state index contributed by atoms with van der Waals surface area (Å²) < 4.78 is 4.98. The Morgan fingerprint density at radius 2 is 2.37 bits per heavy atom. The Morgan fingerprint density at radius 1 is 1.58 bits per heavy atom. The summed E-state index contributed by atoms with van der Waals surface area (Å²) in [5.74, 6) is -0.528. The fourth-order valence-electron chi connectivity index (χ4n) is 1.49. The summed E-state index contributed by atoms with van der Waals surface area (Å²) in [5, 5.41) is 11.3. The third kappa shape index (κ3) is 3.27. The van der Waals surface area contributed by atoms with Crippen LogP contribution >= 0.6 is 11.3 Å². The predicted octanol–water partition coefficient (Wildman–Crippen LogP) is 1.22. The van der Waals surface area contributed by atoms with Gasteiger partial charge in [0.2, 0.25) is 5.88 Å². The van der Waals surface area contributed by atoms with Crippen LogP contribution in [0.3, 0.4) is 0 Å². The lowest BCUT2D eigenvalue weighted by Gasteiger charge is -2.01. The van der Waals surface area contributed by atoms with E-state index in [0.29, 0.717) is 18.0 Å². The molecule has 6 nitrogen and oxygen atoms in total. The van der Waals surface area contributed by atoms with Crippen LogP contribution in [0.5, 0.6) is 5.88 Å². The molecule has 0 spiro atoms. The van der Waals surface area contributed by atoms with E-state index in [0.717, 1.165) is 10.6 Å². The lowest BCUT2D eigenvalue weighted by molar-refractivity contribution is -0.138. The zero-order chi connectivity index (χ0) is 13.8. The van der Waals surface area contributed by atoms with E-state index in [4.69, 9.17) is 15.6 Å². The van der Waals surface area contributed by atoms with Crippen LogP contribution in [0, 0.1) is 0 Å². The fourth-order valence-corrected chi connectivity index (χ4v) is 2.35. The largest absolute Gasteiger partial charge is 0.481 e. The van der Waals surface area contributed by atoms with Gasteiger partial charge in [0, 0.05) is 24.1 Å². The van der Waals surface area contributed by atoms with Crippen molar-refractivity contribution in [1.29, 1.82) is 0 Å². The van der Waals surface area contributed by atoms with Gasteiger partial charge in [-0.15, -0.1) is 11.3 Å². The Bertz CT molecular complexity index is 568. The highest BCUT2D eigenvalue weighted by Crippen LogP contribution is 2.19. The van der Waals surface area contributed by atoms with E-state index in [1.165, 1.54) is 11.3 Å². The lowest BCUT2D eigenvalue weighted by atomic mass is 10.2.